The lowest BCUT2D eigenvalue weighted by molar-refractivity contribution is -0.0352. The summed E-state index contributed by atoms with van der Waals surface area (Å²) in [6.45, 7) is 6.38. The van der Waals surface area contributed by atoms with Crippen molar-refractivity contribution < 1.29 is 27.4 Å². The Labute approximate surface area is 293 Å². The Kier molecular flexibility index (Phi) is 9.53. The number of fused-ring (bicyclic) bond motifs is 1. The Morgan fingerprint density at radius 2 is 1.86 bits per heavy atom. The van der Waals surface area contributed by atoms with Gasteiger partial charge in [0.05, 0.1) is 12.1 Å². The third kappa shape index (κ3) is 7.20. The van der Waals surface area contributed by atoms with Gasteiger partial charge in [0.25, 0.3) is 12.3 Å². The maximum atomic E-state index is 14.2. The maximum absolute atomic E-state index is 14.2. The molecule has 2 fully saturated rings. The first-order chi connectivity index (χ1) is 24.1. The highest BCUT2D eigenvalue weighted by Crippen LogP contribution is 2.51. The van der Waals surface area contributed by atoms with Gasteiger partial charge in [-0.1, -0.05) is 47.0 Å². The first-order valence-corrected chi connectivity index (χ1v) is 17.0. The van der Waals surface area contributed by atoms with Crippen LogP contribution in [0.3, 0.4) is 0 Å². The van der Waals surface area contributed by atoms with Gasteiger partial charge in [0.1, 0.15) is 23.4 Å². The predicted molar refractivity (Wildman–Crippen MR) is 180 cm³/mol. The number of aromatic nitrogens is 4. The van der Waals surface area contributed by atoms with E-state index in [0.29, 0.717) is 18.9 Å². The van der Waals surface area contributed by atoms with Gasteiger partial charge in [0, 0.05) is 68.1 Å². The zero-order valence-corrected chi connectivity index (χ0v) is 28.5. The monoisotopic (exact) mass is 707 g/mol. The first-order valence-electron chi connectivity index (χ1n) is 16.7. The Morgan fingerprint density at radius 1 is 1.08 bits per heavy atom. The molecule has 1 saturated carbocycles. The average molecular weight is 708 g/mol. The van der Waals surface area contributed by atoms with E-state index in [1.165, 1.54) is 11.6 Å². The molecule has 2 aromatic heterocycles. The summed E-state index contributed by atoms with van der Waals surface area (Å²) in [6, 6.07) is 14.9. The van der Waals surface area contributed by atoms with Crippen molar-refractivity contribution in [3.8, 4) is 17.5 Å². The van der Waals surface area contributed by atoms with Crippen LogP contribution in [0.2, 0.25) is 5.15 Å². The molecule has 262 valence electrons. The molecule has 0 N–H and O–H groups in total. The summed E-state index contributed by atoms with van der Waals surface area (Å²) >= 11 is 6.41. The lowest BCUT2D eigenvalue weighted by atomic mass is 9.61. The number of ether oxygens (including phenoxy) is 2. The number of rotatable bonds is 11. The van der Waals surface area contributed by atoms with Crippen molar-refractivity contribution in [3.05, 3.63) is 94.1 Å². The fourth-order valence-electron chi connectivity index (χ4n) is 7.12. The molecule has 3 aliphatic rings. The van der Waals surface area contributed by atoms with Gasteiger partial charge in [-0.2, -0.15) is 4.98 Å². The van der Waals surface area contributed by atoms with Crippen LogP contribution in [0.5, 0.6) is 17.5 Å². The Morgan fingerprint density at radius 3 is 2.60 bits per heavy atom. The van der Waals surface area contributed by atoms with Crippen molar-refractivity contribution in [2.24, 2.45) is 5.41 Å². The molecule has 2 aromatic carbocycles. The second-order valence-corrected chi connectivity index (χ2v) is 13.9. The number of anilines is 1. The van der Waals surface area contributed by atoms with E-state index in [2.05, 4.69) is 49.3 Å². The molecule has 0 bridgehead atoms. The normalized spacial score (nSPS) is 17.0. The standard InChI is InChI=1S/C36H37ClF3N7O3/c1-22(2)47(19-31(39)40)34(48)26-14-24(38)8-9-29(26)50-35-42-33(32(37)43-44-35)46-20-36(21-46)15-25(16-36)49-30-10-12-41-28-11-13-45(18-27(28)30)17-23-6-4-3-5-7-23/h3-10,12,14,22,25,31H,11,13,15-21H2,1-2H3. The van der Waals surface area contributed by atoms with Crippen LogP contribution in [0.25, 0.3) is 0 Å². The van der Waals surface area contributed by atoms with Gasteiger partial charge in [-0.15, -0.1) is 5.10 Å². The lowest BCUT2D eigenvalue weighted by Gasteiger charge is -2.58. The number of pyridine rings is 1. The molecule has 2 aliphatic heterocycles. The zero-order chi connectivity index (χ0) is 35.0. The third-order valence-corrected chi connectivity index (χ3v) is 9.81. The van der Waals surface area contributed by atoms with Crippen LogP contribution in [0, 0.1) is 11.2 Å². The summed E-state index contributed by atoms with van der Waals surface area (Å²) in [7, 11) is 0. The Balaban J connectivity index is 0.981. The molecule has 7 rings (SSSR count). The molecule has 1 spiro atoms. The Bertz CT molecular complexity index is 1850. The molecule has 1 saturated heterocycles. The minimum absolute atomic E-state index is 0.0496. The first kappa shape index (κ1) is 34.0. The smallest absolute Gasteiger partial charge is 0.343 e. The average Bonchev–Trinajstić information content (AvgIpc) is 3.06. The van der Waals surface area contributed by atoms with E-state index in [1.54, 1.807) is 13.8 Å². The van der Waals surface area contributed by atoms with E-state index in [9.17, 15) is 18.0 Å². The largest absolute Gasteiger partial charge is 0.490 e. The fraction of sp³-hybridized carbons (Fsp3) is 0.417. The van der Waals surface area contributed by atoms with Crippen LogP contribution in [0.15, 0.2) is 60.8 Å². The topological polar surface area (TPSA) is 96.8 Å². The number of halogens is 4. The van der Waals surface area contributed by atoms with Crippen molar-refractivity contribution in [2.75, 3.05) is 31.1 Å². The molecule has 10 nitrogen and oxygen atoms in total. The van der Waals surface area contributed by atoms with Crippen molar-refractivity contribution in [2.45, 2.75) is 64.8 Å². The van der Waals surface area contributed by atoms with Gasteiger partial charge in [0.2, 0.25) is 0 Å². The van der Waals surface area contributed by atoms with Gasteiger partial charge in [-0.25, -0.2) is 13.2 Å². The van der Waals surface area contributed by atoms with Crippen LogP contribution >= 0.6 is 11.6 Å². The minimum Gasteiger partial charge on any atom is -0.490 e. The number of amides is 1. The number of nitrogens with zero attached hydrogens (tertiary/aromatic N) is 7. The molecule has 0 unspecified atom stereocenters. The third-order valence-electron chi connectivity index (χ3n) is 9.57. The summed E-state index contributed by atoms with van der Waals surface area (Å²) in [5.41, 5.74) is 3.36. The van der Waals surface area contributed by atoms with E-state index < -0.39 is 30.7 Å². The van der Waals surface area contributed by atoms with Gasteiger partial charge in [0.15, 0.2) is 11.0 Å². The van der Waals surface area contributed by atoms with E-state index >= 15 is 0 Å². The van der Waals surface area contributed by atoms with Crippen molar-refractivity contribution in [1.29, 1.82) is 0 Å². The fourth-order valence-corrected chi connectivity index (χ4v) is 7.32. The SMILES string of the molecule is CC(C)N(CC(F)F)C(=O)c1cc(F)ccc1Oc1nnc(Cl)c(N2CC3(CC(Oc4ccnc5c4CN(Cc4ccccc4)CC5)C3)C2)n1. The Hall–Kier alpha value is -4.49. The molecule has 4 heterocycles. The van der Waals surface area contributed by atoms with Crippen LogP contribution < -0.4 is 14.4 Å². The summed E-state index contributed by atoms with van der Waals surface area (Å²) < 4.78 is 53.0. The number of hydrogen-bond donors (Lipinski definition) is 0. The molecule has 1 aliphatic carbocycles. The van der Waals surface area contributed by atoms with Crippen LogP contribution in [-0.2, 0) is 19.5 Å². The number of benzene rings is 2. The summed E-state index contributed by atoms with van der Waals surface area (Å²) in [6.07, 6.45) is 1.78. The number of hydrogen-bond acceptors (Lipinski definition) is 9. The minimum atomic E-state index is -2.76. The van der Waals surface area contributed by atoms with Gasteiger partial charge >= 0.3 is 6.01 Å². The molecule has 0 atom stereocenters. The summed E-state index contributed by atoms with van der Waals surface area (Å²) in [5, 5.41) is 7.99. The zero-order valence-electron chi connectivity index (χ0n) is 27.7. The van der Waals surface area contributed by atoms with Crippen molar-refractivity contribution in [1.82, 2.24) is 30.0 Å². The van der Waals surface area contributed by atoms with E-state index in [0.717, 1.165) is 72.9 Å². The van der Waals surface area contributed by atoms with Crippen LogP contribution in [0.1, 0.15) is 53.9 Å². The molecule has 4 aromatic rings. The molecule has 50 heavy (non-hydrogen) atoms. The van der Waals surface area contributed by atoms with Crippen molar-refractivity contribution in [3.63, 3.8) is 0 Å². The van der Waals surface area contributed by atoms with Gasteiger partial charge in [-0.3, -0.25) is 14.7 Å². The number of carbonyl (C=O) groups excluding carboxylic acids is 1. The molecule has 0 radical (unpaired) electrons. The number of alkyl halides is 2. The predicted octanol–water partition coefficient (Wildman–Crippen LogP) is 6.57. The lowest BCUT2D eigenvalue weighted by Crippen LogP contribution is -2.65. The highest BCUT2D eigenvalue weighted by Gasteiger charge is 2.54. The maximum Gasteiger partial charge on any atom is 0.343 e. The van der Waals surface area contributed by atoms with Crippen LogP contribution in [-0.4, -0.2) is 80.6 Å². The molecular formula is C36H37ClF3N7O3. The van der Waals surface area contributed by atoms with E-state index in [4.69, 9.17) is 21.1 Å². The molecular weight excluding hydrogens is 671 g/mol. The number of carbonyl (C=O) groups is 1. The van der Waals surface area contributed by atoms with Crippen molar-refractivity contribution >= 4 is 23.3 Å². The van der Waals surface area contributed by atoms with E-state index in [1.807, 2.05) is 23.2 Å². The highest BCUT2D eigenvalue weighted by atomic mass is 35.5. The molecule has 1 amide bonds. The quantitative estimate of drug-likeness (QED) is 0.171. The summed E-state index contributed by atoms with van der Waals surface area (Å²) in [4.78, 5) is 27.7. The van der Waals surface area contributed by atoms with Gasteiger partial charge in [-0.05, 0) is 56.5 Å². The van der Waals surface area contributed by atoms with Gasteiger partial charge < -0.3 is 19.3 Å². The second kappa shape index (κ2) is 14.0. The molecule has 14 heteroatoms. The van der Waals surface area contributed by atoms with Crippen LogP contribution in [0.4, 0.5) is 19.0 Å². The highest BCUT2D eigenvalue weighted by molar-refractivity contribution is 6.31. The van der Waals surface area contributed by atoms with E-state index in [-0.39, 0.29) is 34.0 Å². The second-order valence-electron chi connectivity index (χ2n) is 13.6. The summed E-state index contributed by atoms with van der Waals surface area (Å²) in [5.74, 6) is -0.352.